The second kappa shape index (κ2) is 6.39. The molecule has 0 aliphatic rings. The van der Waals surface area contributed by atoms with Gasteiger partial charge in [0.1, 0.15) is 5.75 Å². The molecule has 0 amide bonds. The van der Waals surface area contributed by atoms with Gasteiger partial charge >= 0.3 is 11.8 Å². The smallest absolute Gasteiger partial charge is 0.319 e. The summed E-state index contributed by atoms with van der Waals surface area (Å²) < 4.78 is 1.11. The average molecular weight is 292 g/mol. The SMILES string of the molecule is CC(c1nc(C)ccc1O)=[N+](Cl)OCc1ccccc1. The lowest BCUT2D eigenvalue weighted by atomic mass is 10.2. The molecular formula is C15H16ClN2O2+. The molecule has 0 aliphatic carbocycles. The zero-order valence-corrected chi connectivity index (χ0v) is 12.1. The van der Waals surface area contributed by atoms with Crippen LogP contribution in [0.5, 0.6) is 5.75 Å². The lowest BCUT2D eigenvalue weighted by molar-refractivity contribution is -0.688. The minimum absolute atomic E-state index is 0.0714. The third kappa shape index (κ3) is 3.48. The van der Waals surface area contributed by atoms with E-state index in [-0.39, 0.29) is 5.75 Å². The maximum absolute atomic E-state index is 9.82. The van der Waals surface area contributed by atoms with Gasteiger partial charge in [-0.2, -0.15) is 0 Å². The number of aryl methyl sites for hydroxylation is 1. The number of rotatable bonds is 4. The summed E-state index contributed by atoms with van der Waals surface area (Å²) in [6.45, 7) is 3.92. The number of halogens is 1. The molecule has 0 fully saturated rings. The van der Waals surface area contributed by atoms with Crippen LogP contribution in [0.25, 0.3) is 0 Å². The molecule has 20 heavy (non-hydrogen) atoms. The van der Waals surface area contributed by atoms with E-state index in [2.05, 4.69) is 4.98 Å². The van der Waals surface area contributed by atoms with Gasteiger partial charge in [-0.25, -0.2) is 4.98 Å². The molecule has 5 heteroatoms. The number of hydrogen-bond donors (Lipinski definition) is 1. The van der Waals surface area contributed by atoms with Gasteiger partial charge in [0.25, 0.3) is 5.71 Å². The van der Waals surface area contributed by atoms with Crippen LogP contribution in [0.15, 0.2) is 42.5 Å². The Hall–Kier alpha value is -2.07. The molecule has 0 spiro atoms. The van der Waals surface area contributed by atoms with Crippen LogP contribution >= 0.6 is 11.8 Å². The molecule has 2 aromatic rings. The van der Waals surface area contributed by atoms with Crippen LogP contribution in [0, 0.1) is 6.92 Å². The van der Waals surface area contributed by atoms with Crippen molar-refractivity contribution in [1.82, 2.24) is 4.98 Å². The number of hydrogen-bond acceptors (Lipinski definition) is 3. The number of pyridine rings is 1. The Labute approximate surface area is 123 Å². The maximum atomic E-state index is 9.82. The predicted octanol–water partition coefficient (Wildman–Crippen LogP) is 3.20. The minimum Gasteiger partial charge on any atom is -0.505 e. The first-order valence-electron chi connectivity index (χ1n) is 6.21. The van der Waals surface area contributed by atoms with Gasteiger partial charge in [0.2, 0.25) is 0 Å². The Morgan fingerprint density at radius 2 is 1.95 bits per heavy atom. The number of nitrogens with zero attached hydrogens (tertiary/aromatic N) is 2. The summed E-state index contributed by atoms with van der Waals surface area (Å²) in [6, 6.07) is 13.0. The normalized spacial score (nSPS) is 11.9. The van der Waals surface area contributed by atoms with E-state index < -0.39 is 0 Å². The highest BCUT2D eigenvalue weighted by atomic mass is 35.5. The van der Waals surface area contributed by atoms with Gasteiger partial charge in [0.05, 0.1) is 4.26 Å². The fourth-order valence-corrected chi connectivity index (χ4v) is 1.83. The van der Waals surface area contributed by atoms with Crippen molar-refractivity contribution in [2.75, 3.05) is 0 Å². The van der Waals surface area contributed by atoms with Gasteiger partial charge in [0, 0.05) is 12.6 Å². The number of aromatic nitrogens is 1. The lowest BCUT2D eigenvalue weighted by Crippen LogP contribution is -2.14. The zero-order chi connectivity index (χ0) is 14.5. The van der Waals surface area contributed by atoms with Crippen molar-refractivity contribution in [1.29, 1.82) is 0 Å². The second-order valence-electron chi connectivity index (χ2n) is 4.41. The Morgan fingerprint density at radius 3 is 2.65 bits per heavy atom. The highest BCUT2D eigenvalue weighted by Gasteiger charge is 2.19. The van der Waals surface area contributed by atoms with E-state index in [0.717, 1.165) is 15.5 Å². The third-order valence-corrected chi connectivity index (χ3v) is 3.16. The molecule has 0 saturated heterocycles. The Morgan fingerprint density at radius 1 is 1.25 bits per heavy atom. The van der Waals surface area contributed by atoms with E-state index in [1.54, 1.807) is 19.1 Å². The van der Waals surface area contributed by atoms with E-state index in [4.69, 9.17) is 16.6 Å². The highest BCUT2D eigenvalue weighted by Crippen LogP contribution is 2.16. The Balaban J connectivity index is 2.16. The van der Waals surface area contributed by atoms with Crippen molar-refractivity contribution in [3.05, 3.63) is 59.4 Å². The molecule has 0 radical (unpaired) electrons. The van der Waals surface area contributed by atoms with Crippen LogP contribution in [0.3, 0.4) is 0 Å². The van der Waals surface area contributed by atoms with E-state index in [9.17, 15) is 5.11 Å². The summed E-state index contributed by atoms with van der Waals surface area (Å²) in [6.07, 6.45) is 0. The quantitative estimate of drug-likeness (QED) is 0.534. The van der Waals surface area contributed by atoms with Crippen molar-refractivity contribution in [2.24, 2.45) is 0 Å². The molecule has 0 unspecified atom stereocenters. The van der Waals surface area contributed by atoms with Gasteiger partial charge in [-0.3, -0.25) is 4.84 Å². The van der Waals surface area contributed by atoms with Crippen LogP contribution in [-0.4, -0.2) is 20.1 Å². The standard InChI is InChI=1S/C15H15ClN2O2/c1-11-8-9-14(19)15(17-11)12(2)18(16)20-10-13-6-4-3-5-7-13/h3-9H,10H2,1-2H3/p+1. The highest BCUT2D eigenvalue weighted by molar-refractivity contribution is 6.10. The van der Waals surface area contributed by atoms with Gasteiger partial charge < -0.3 is 5.11 Å². The molecular weight excluding hydrogens is 276 g/mol. The Kier molecular flexibility index (Phi) is 4.58. The molecule has 1 N–H and O–H groups in total. The molecule has 0 atom stereocenters. The van der Waals surface area contributed by atoms with Crippen LogP contribution in [0.2, 0.25) is 0 Å². The summed E-state index contributed by atoms with van der Waals surface area (Å²) in [4.78, 5) is 9.71. The van der Waals surface area contributed by atoms with Gasteiger partial charge in [-0.1, -0.05) is 30.3 Å². The monoisotopic (exact) mass is 291 g/mol. The number of benzene rings is 1. The average Bonchev–Trinajstić information content (AvgIpc) is 2.47. The molecule has 4 nitrogen and oxygen atoms in total. The summed E-state index contributed by atoms with van der Waals surface area (Å²) in [5.74, 6) is 0.0714. The van der Waals surface area contributed by atoms with Crippen molar-refractivity contribution in [2.45, 2.75) is 20.5 Å². The molecule has 0 aliphatic heterocycles. The maximum Gasteiger partial charge on any atom is 0.319 e. The molecule has 0 bridgehead atoms. The first kappa shape index (κ1) is 14.3. The van der Waals surface area contributed by atoms with Crippen molar-refractivity contribution in [3.8, 4) is 5.75 Å². The predicted molar refractivity (Wildman–Crippen MR) is 77.8 cm³/mol. The largest absolute Gasteiger partial charge is 0.505 e. The minimum atomic E-state index is 0.0714. The van der Waals surface area contributed by atoms with Gasteiger partial charge in [-0.15, -0.1) is 0 Å². The Bertz CT molecular complexity index is 627. The summed E-state index contributed by atoms with van der Waals surface area (Å²) in [5, 5.41) is 9.82. The molecule has 2 rings (SSSR count). The van der Waals surface area contributed by atoms with E-state index in [0.29, 0.717) is 18.0 Å². The number of aromatic hydroxyl groups is 1. The van der Waals surface area contributed by atoms with Crippen LogP contribution in [-0.2, 0) is 11.4 Å². The van der Waals surface area contributed by atoms with Gasteiger partial charge in [-0.05, 0) is 24.6 Å². The van der Waals surface area contributed by atoms with Crippen molar-refractivity contribution < 1.29 is 14.2 Å². The van der Waals surface area contributed by atoms with E-state index >= 15 is 0 Å². The van der Waals surface area contributed by atoms with Crippen LogP contribution in [0.1, 0.15) is 23.9 Å². The van der Waals surface area contributed by atoms with Crippen LogP contribution in [0.4, 0.5) is 0 Å². The fourth-order valence-electron chi connectivity index (χ4n) is 1.70. The van der Waals surface area contributed by atoms with Crippen molar-refractivity contribution >= 4 is 17.5 Å². The molecule has 0 saturated carbocycles. The first-order valence-corrected chi connectivity index (χ1v) is 6.55. The molecule has 1 aromatic carbocycles. The summed E-state index contributed by atoms with van der Waals surface area (Å²) in [7, 11) is 0. The van der Waals surface area contributed by atoms with E-state index in [1.807, 2.05) is 37.3 Å². The third-order valence-electron chi connectivity index (χ3n) is 2.81. The molecule has 104 valence electrons. The summed E-state index contributed by atoms with van der Waals surface area (Å²) in [5.41, 5.74) is 2.74. The van der Waals surface area contributed by atoms with E-state index in [1.165, 1.54) is 0 Å². The molecule has 1 aromatic heterocycles. The first-order chi connectivity index (χ1) is 9.58. The fraction of sp³-hybridized carbons (Fsp3) is 0.200. The topological polar surface area (TPSA) is 45.4 Å². The summed E-state index contributed by atoms with van der Waals surface area (Å²) >= 11 is 6.06. The van der Waals surface area contributed by atoms with Crippen molar-refractivity contribution in [3.63, 3.8) is 0 Å². The van der Waals surface area contributed by atoms with Crippen LogP contribution < -0.4 is 0 Å². The second-order valence-corrected chi connectivity index (χ2v) is 4.72. The molecule has 1 heterocycles. The van der Waals surface area contributed by atoms with Gasteiger partial charge in [0.15, 0.2) is 12.3 Å². The zero-order valence-electron chi connectivity index (χ0n) is 11.4. The lowest BCUT2D eigenvalue weighted by Gasteiger charge is -2.02.